The Labute approximate surface area is 97.8 Å². The van der Waals surface area contributed by atoms with Crippen LogP contribution in [0.2, 0.25) is 0 Å². The Morgan fingerprint density at radius 2 is 2.29 bits per heavy atom. The van der Waals surface area contributed by atoms with Crippen LogP contribution in [-0.4, -0.2) is 23.8 Å². The van der Waals surface area contributed by atoms with E-state index in [0.717, 1.165) is 19.4 Å². The third kappa shape index (κ3) is 6.82. The van der Waals surface area contributed by atoms with Gasteiger partial charge in [-0.3, -0.25) is 4.99 Å². The molecule has 0 unspecified atom stereocenters. The topological polar surface area (TPSA) is 49.7 Å². The van der Waals surface area contributed by atoms with Crippen LogP contribution in [-0.2, 0) is 4.79 Å². The molecule has 0 aliphatic rings. The molecule has 0 aliphatic heterocycles. The van der Waals surface area contributed by atoms with Gasteiger partial charge in [-0.25, -0.2) is 4.79 Å². The summed E-state index contributed by atoms with van der Waals surface area (Å²) in [6.45, 7) is 2.91. The van der Waals surface area contributed by atoms with Crippen molar-refractivity contribution in [3.63, 3.8) is 0 Å². The molecule has 0 spiro atoms. The molecule has 0 heterocycles. The average Bonchev–Trinajstić information content (AvgIpc) is 2.16. The van der Waals surface area contributed by atoms with E-state index >= 15 is 0 Å². The van der Waals surface area contributed by atoms with Crippen LogP contribution in [0.25, 0.3) is 0 Å². The van der Waals surface area contributed by atoms with E-state index in [9.17, 15) is 4.79 Å². The monoisotopic (exact) mass is 307 g/mol. The summed E-state index contributed by atoms with van der Waals surface area (Å²) in [5.74, 6) is -0.919. The van der Waals surface area contributed by atoms with Crippen molar-refractivity contribution in [3.8, 4) is 0 Å². The number of rotatable bonds is 6. The minimum absolute atomic E-state index is 0.271. The molecular formula is C10H14INO2. The van der Waals surface area contributed by atoms with Gasteiger partial charge in [-0.15, -0.1) is 0 Å². The molecule has 3 nitrogen and oxygen atoms in total. The molecule has 0 aromatic heterocycles. The lowest BCUT2D eigenvalue weighted by Crippen LogP contribution is -1.95. The molecule has 78 valence electrons. The van der Waals surface area contributed by atoms with Crippen LogP contribution in [0.5, 0.6) is 0 Å². The molecule has 0 bridgehead atoms. The van der Waals surface area contributed by atoms with Gasteiger partial charge in [0, 0.05) is 12.8 Å². The van der Waals surface area contributed by atoms with Crippen LogP contribution in [0.4, 0.5) is 0 Å². The van der Waals surface area contributed by atoms with Gasteiger partial charge >= 0.3 is 5.97 Å². The lowest BCUT2D eigenvalue weighted by Gasteiger charge is -1.89. The maximum atomic E-state index is 10.5. The second kappa shape index (κ2) is 8.93. The molecule has 0 saturated carbocycles. The molecule has 0 radical (unpaired) electrons. The van der Waals surface area contributed by atoms with E-state index in [-0.39, 0.29) is 5.57 Å². The number of unbranched alkanes of at least 4 members (excludes halogenated alkanes) is 1. The summed E-state index contributed by atoms with van der Waals surface area (Å²) in [6.07, 6.45) is 7.00. The Hall–Kier alpha value is -0.650. The molecule has 0 aliphatic carbocycles. The number of halogens is 1. The zero-order chi connectivity index (χ0) is 10.8. The van der Waals surface area contributed by atoms with Crippen molar-refractivity contribution in [2.75, 3.05) is 6.54 Å². The fourth-order valence-corrected chi connectivity index (χ4v) is 1.16. The van der Waals surface area contributed by atoms with Crippen molar-refractivity contribution in [1.82, 2.24) is 0 Å². The van der Waals surface area contributed by atoms with E-state index in [1.165, 1.54) is 10.2 Å². The maximum absolute atomic E-state index is 10.5. The molecule has 0 fully saturated rings. The second-order valence-corrected chi connectivity index (χ2v) is 3.26. The molecule has 0 saturated heterocycles. The first-order valence-corrected chi connectivity index (χ1v) is 5.67. The molecule has 1 N–H and O–H groups in total. The highest BCUT2D eigenvalue weighted by molar-refractivity contribution is 14.1. The van der Waals surface area contributed by atoms with Gasteiger partial charge in [0.05, 0.1) is 5.57 Å². The van der Waals surface area contributed by atoms with Gasteiger partial charge < -0.3 is 5.11 Å². The van der Waals surface area contributed by atoms with Crippen LogP contribution in [0.15, 0.2) is 26.8 Å². The summed E-state index contributed by atoms with van der Waals surface area (Å²) in [4.78, 5) is 14.6. The zero-order valence-electron chi connectivity index (χ0n) is 8.11. The number of nitrogens with zero attached hydrogens (tertiary/aromatic N) is 1. The molecule has 0 aromatic rings. The quantitative estimate of drug-likeness (QED) is 0.270. The van der Waals surface area contributed by atoms with E-state index in [2.05, 4.69) is 11.9 Å². The van der Waals surface area contributed by atoms with Gasteiger partial charge in [0.15, 0.2) is 0 Å². The number of carboxylic acid groups (broad SMARTS) is 1. The Morgan fingerprint density at radius 3 is 2.79 bits per heavy atom. The van der Waals surface area contributed by atoms with Crippen LogP contribution in [0.1, 0.15) is 19.8 Å². The Bertz CT molecular complexity index is 257. The van der Waals surface area contributed by atoms with Crippen molar-refractivity contribution in [3.05, 3.63) is 21.8 Å². The van der Waals surface area contributed by atoms with E-state index in [1.807, 2.05) is 22.6 Å². The van der Waals surface area contributed by atoms with E-state index in [1.54, 1.807) is 12.3 Å². The van der Waals surface area contributed by atoms with E-state index in [4.69, 9.17) is 5.11 Å². The second-order valence-electron chi connectivity index (χ2n) is 2.64. The molecule has 0 atom stereocenters. The zero-order valence-corrected chi connectivity index (χ0v) is 10.3. The summed E-state index contributed by atoms with van der Waals surface area (Å²) in [5.41, 5.74) is 0.271. The van der Waals surface area contributed by atoms with Crippen molar-refractivity contribution < 1.29 is 9.90 Å². The first-order chi connectivity index (χ1) is 6.72. The van der Waals surface area contributed by atoms with Crippen LogP contribution >= 0.6 is 22.6 Å². The standard InChI is InChI=1S/C10H14INO2/c1-2-3-6-12-7-4-5-9(8-11)10(13)14/h4-5,7-8H,2-3,6H2,1H3,(H,13,14)/b5-4-,9-8+,12-7?. The minimum atomic E-state index is -0.919. The summed E-state index contributed by atoms with van der Waals surface area (Å²) in [5, 5.41) is 8.65. The number of aliphatic carboxylic acids is 1. The van der Waals surface area contributed by atoms with Gasteiger partial charge in [-0.1, -0.05) is 35.9 Å². The fraction of sp³-hybridized carbons (Fsp3) is 0.400. The van der Waals surface area contributed by atoms with Crippen LogP contribution < -0.4 is 0 Å². The first kappa shape index (κ1) is 13.4. The van der Waals surface area contributed by atoms with Gasteiger partial charge in [-0.05, 0) is 22.7 Å². The molecule has 0 aromatic carbocycles. The van der Waals surface area contributed by atoms with Crippen molar-refractivity contribution in [2.24, 2.45) is 4.99 Å². The van der Waals surface area contributed by atoms with E-state index in [0.29, 0.717) is 0 Å². The third-order valence-electron chi connectivity index (χ3n) is 1.47. The predicted octanol–water partition coefficient (Wildman–Crippen LogP) is 2.82. The number of carboxylic acids is 1. The van der Waals surface area contributed by atoms with Crippen LogP contribution in [0.3, 0.4) is 0 Å². The number of carbonyl (C=O) groups is 1. The predicted molar refractivity (Wildman–Crippen MR) is 67.1 cm³/mol. The number of aliphatic imine (C=N–C) groups is 1. The summed E-state index contributed by atoms with van der Waals surface area (Å²) < 4.78 is 1.52. The van der Waals surface area contributed by atoms with Crippen LogP contribution in [0, 0.1) is 0 Å². The van der Waals surface area contributed by atoms with Gasteiger partial charge in [-0.2, -0.15) is 0 Å². The van der Waals surface area contributed by atoms with Gasteiger partial charge in [0.2, 0.25) is 0 Å². The smallest absolute Gasteiger partial charge is 0.336 e. The first-order valence-electron chi connectivity index (χ1n) is 4.42. The molecular weight excluding hydrogens is 293 g/mol. The molecule has 4 heteroatoms. The normalized spacial score (nSPS) is 12.9. The SMILES string of the molecule is CCCCN=C/C=C\C(=C/I)C(=O)O. The Balaban J connectivity index is 3.92. The lowest BCUT2D eigenvalue weighted by molar-refractivity contribution is -0.132. The molecule has 14 heavy (non-hydrogen) atoms. The maximum Gasteiger partial charge on any atom is 0.336 e. The largest absolute Gasteiger partial charge is 0.478 e. The average molecular weight is 307 g/mol. The Kier molecular flexibility index (Phi) is 8.51. The van der Waals surface area contributed by atoms with Crippen molar-refractivity contribution in [2.45, 2.75) is 19.8 Å². The molecule has 0 rings (SSSR count). The minimum Gasteiger partial charge on any atom is -0.478 e. The lowest BCUT2D eigenvalue weighted by atomic mass is 10.3. The fourth-order valence-electron chi connectivity index (χ4n) is 0.686. The van der Waals surface area contributed by atoms with E-state index < -0.39 is 5.97 Å². The highest BCUT2D eigenvalue weighted by Crippen LogP contribution is 2.00. The number of allylic oxidation sites excluding steroid dienone is 1. The summed E-state index contributed by atoms with van der Waals surface area (Å²) in [6, 6.07) is 0. The molecule has 0 amide bonds. The third-order valence-corrected chi connectivity index (χ3v) is 2.14. The highest BCUT2D eigenvalue weighted by atomic mass is 127. The Morgan fingerprint density at radius 1 is 1.57 bits per heavy atom. The number of hydrogen-bond donors (Lipinski definition) is 1. The van der Waals surface area contributed by atoms with Gasteiger partial charge in [0.1, 0.15) is 0 Å². The number of hydrogen-bond acceptors (Lipinski definition) is 2. The van der Waals surface area contributed by atoms with Gasteiger partial charge in [0.25, 0.3) is 0 Å². The highest BCUT2D eigenvalue weighted by Gasteiger charge is 1.99. The van der Waals surface area contributed by atoms with Crippen molar-refractivity contribution in [1.29, 1.82) is 0 Å². The summed E-state index contributed by atoms with van der Waals surface area (Å²) in [7, 11) is 0. The van der Waals surface area contributed by atoms with Crippen molar-refractivity contribution >= 4 is 34.8 Å². The summed E-state index contributed by atoms with van der Waals surface area (Å²) >= 11 is 1.90.